The molecule has 0 saturated carbocycles. The normalized spacial score (nSPS) is 12.4. The molecule has 0 saturated heterocycles. The van der Waals surface area contributed by atoms with E-state index in [0.29, 0.717) is 12.1 Å². The molecule has 2 rings (SSSR count). The number of hydrazine groups is 1. The molecule has 1 aromatic carbocycles. The molecule has 5 heteroatoms. The van der Waals surface area contributed by atoms with E-state index < -0.39 is 0 Å². The first-order chi connectivity index (χ1) is 9.61. The van der Waals surface area contributed by atoms with Crippen LogP contribution in [0.3, 0.4) is 0 Å². The Morgan fingerprint density at radius 1 is 1.35 bits per heavy atom. The van der Waals surface area contributed by atoms with Crippen molar-refractivity contribution in [1.82, 2.24) is 9.88 Å². The summed E-state index contributed by atoms with van der Waals surface area (Å²) in [7, 11) is 1.95. The molecule has 0 aliphatic heterocycles. The largest absolute Gasteiger partial charge is 0.324 e. The Labute approximate surface area is 118 Å². The Morgan fingerprint density at radius 3 is 2.80 bits per heavy atom. The fraction of sp³-hybridized carbons (Fsp3) is 0.267. The number of anilines is 1. The first kappa shape index (κ1) is 14.4. The van der Waals surface area contributed by atoms with Crippen LogP contribution in [-0.4, -0.2) is 16.9 Å². The first-order valence-corrected chi connectivity index (χ1v) is 6.48. The van der Waals surface area contributed by atoms with Gasteiger partial charge in [0.15, 0.2) is 0 Å². The van der Waals surface area contributed by atoms with Gasteiger partial charge < -0.3 is 5.43 Å². The summed E-state index contributed by atoms with van der Waals surface area (Å²) < 4.78 is 13.8. The lowest BCUT2D eigenvalue weighted by Crippen LogP contribution is -2.23. The van der Waals surface area contributed by atoms with Crippen molar-refractivity contribution in [2.75, 3.05) is 12.5 Å². The lowest BCUT2D eigenvalue weighted by molar-refractivity contribution is 0.245. The van der Waals surface area contributed by atoms with Gasteiger partial charge >= 0.3 is 0 Å². The van der Waals surface area contributed by atoms with Crippen molar-refractivity contribution in [3.63, 3.8) is 0 Å². The third-order valence-corrected chi connectivity index (χ3v) is 3.41. The molecule has 1 aromatic heterocycles. The molecular weight excluding hydrogens is 255 g/mol. The SMILES string of the molecule is CC(c1ccccc1F)N(C)Cc1cc(NN)ccn1. The minimum absolute atomic E-state index is 0.0347. The molecule has 0 bridgehead atoms. The third-order valence-electron chi connectivity index (χ3n) is 3.41. The van der Waals surface area contributed by atoms with Crippen LogP contribution in [0.15, 0.2) is 42.6 Å². The molecule has 4 nitrogen and oxygen atoms in total. The zero-order valence-electron chi connectivity index (χ0n) is 11.7. The van der Waals surface area contributed by atoms with Crippen LogP contribution in [0.1, 0.15) is 24.2 Å². The maximum atomic E-state index is 13.8. The van der Waals surface area contributed by atoms with Crippen LogP contribution < -0.4 is 11.3 Å². The van der Waals surface area contributed by atoms with E-state index in [-0.39, 0.29) is 11.9 Å². The Kier molecular flexibility index (Phi) is 4.65. The summed E-state index contributed by atoms with van der Waals surface area (Å²) >= 11 is 0. The number of halogens is 1. The van der Waals surface area contributed by atoms with Gasteiger partial charge in [0.25, 0.3) is 0 Å². The van der Waals surface area contributed by atoms with E-state index in [1.54, 1.807) is 18.3 Å². The topological polar surface area (TPSA) is 54.2 Å². The average Bonchev–Trinajstić information content (AvgIpc) is 2.47. The number of aromatic nitrogens is 1. The molecule has 0 radical (unpaired) electrons. The molecule has 1 heterocycles. The molecule has 0 fully saturated rings. The predicted octanol–water partition coefficient (Wildman–Crippen LogP) is 2.70. The van der Waals surface area contributed by atoms with Crippen molar-refractivity contribution < 1.29 is 4.39 Å². The summed E-state index contributed by atoms with van der Waals surface area (Å²) in [5.74, 6) is 5.20. The summed E-state index contributed by atoms with van der Waals surface area (Å²) in [5, 5.41) is 0. The number of nitrogens with one attached hydrogen (secondary N) is 1. The highest BCUT2D eigenvalue weighted by Gasteiger charge is 2.15. The van der Waals surface area contributed by atoms with Gasteiger partial charge in [-0.2, -0.15) is 0 Å². The van der Waals surface area contributed by atoms with E-state index in [0.717, 1.165) is 11.4 Å². The minimum atomic E-state index is -0.183. The molecule has 106 valence electrons. The van der Waals surface area contributed by atoms with Crippen LogP contribution in [0.4, 0.5) is 10.1 Å². The number of pyridine rings is 1. The van der Waals surface area contributed by atoms with Gasteiger partial charge in [-0.05, 0) is 32.2 Å². The fourth-order valence-corrected chi connectivity index (χ4v) is 2.10. The zero-order chi connectivity index (χ0) is 14.5. The van der Waals surface area contributed by atoms with Crippen molar-refractivity contribution in [2.24, 2.45) is 5.84 Å². The Bertz CT molecular complexity index is 573. The van der Waals surface area contributed by atoms with E-state index in [9.17, 15) is 4.39 Å². The number of benzene rings is 1. The second-order valence-corrected chi connectivity index (χ2v) is 4.79. The van der Waals surface area contributed by atoms with E-state index in [2.05, 4.69) is 10.4 Å². The average molecular weight is 274 g/mol. The number of nitrogens with two attached hydrogens (primary N) is 1. The zero-order valence-corrected chi connectivity index (χ0v) is 11.7. The summed E-state index contributed by atoms with van der Waals surface area (Å²) in [6, 6.07) is 10.5. The second kappa shape index (κ2) is 6.45. The maximum absolute atomic E-state index is 13.8. The quantitative estimate of drug-likeness (QED) is 0.650. The van der Waals surface area contributed by atoms with Gasteiger partial charge in [0, 0.05) is 24.3 Å². The van der Waals surface area contributed by atoms with Crippen molar-refractivity contribution in [3.05, 3.63) is 59.7 Å². The summed E-state index contributed by atoms with van der Waals surface area (Å²) in [6.07, 6.45) is 1.70. The maximum Gasteiger partial charge on any atom is 0.127 e. The van der Waals surface area contributed by atoms with Crippen molar-refractivity contribution in [3.8, 4) is 0 Å². The van der Waals surface area contributed by atoms with Crippen LogP contribution in [0, 0.1) is 5.82 Å². The van der Waals surface area contributed by atoms with Crippen molar-refractivity contribution in [2.45, 2.75) is 19.5 Å². The van der Waals surface area contributed by atoms with E-state index >= 15 is 0 Å². The van der Waals surface area contributed by atoms with E-state index in [1.165, 1.54) is 6.07 Å². The number of hydrogen-bond donors (Lipinski definition) is 2. The first-order valence-electron chi connectivity index (χ1n) is 6.48. The summed E-state index contributed by atoms with van der Waals surface area (Å²) in [4.78, 5) is 6.34. The molecule has 20 heavy (non-hydrogen) atoms. The lowest BCUT2D eigenvalue weighted by Gasteiger charge is -2.25. The molecule has 1 unspecified atom stereocenters. The number of nitrogen functional groups attached to an aromatic ring is 1. The van der Waals surface area contributed by atoms with Crippen LogP contribution in [0.2, 0.25) is 0 Å². The Morgan fingerprint density at radius 2 is 2.10 bits per heavy atom. The predicted molar refractivity (Wildman–Crippen MR) is 78.3 cm³/mol. The van der Waals surface area contributed by atoms with Crippen LogP contribution >= 0.6 is 0 Å². The van der Waals surface area contributed by atoms with Gasteiger partial charge in [-0.25, -0.2) is 4.39 Å². The van der Waals surface area contributed by atoms with Gasteiger partial charge in [0.05, 0.1) is 11.4 Å². The highest BCUT2D eigenvalue weighted by Crippen LogP contribution is 2.23. The Hall–Kier alpha value is -1.98. The molecule has 0 spiro atoms. The van der Waals surface area contributed by atoms with Gasteiger partial charge in [0.2, 0.25) is 0 Å². The van der Waals surface area contributed by atoms with E-state index in [4.69, 9.17) is 5.84 Å². The summed E-state index contributed by atoms with van der Waals surface area (Å²) in [5.41, 5.74) is 4.96. The fourth-order valence-electron chi connectivity index (χ4n) is 2.10. The van der Waals surface area contributed by atoms with Crippen molar-refractivity contribution in [1.29, 1.82) is 0 Å². The third kappa shape index (κ3) is 3.31. The molecule has 1 atom stereocenters. The number of nitrogens with zero attached hydrogens (tertiary/aromatic N) is 2. The second-order valence-electron chi connectivity index (χ2n) is 4.79. The van der Waals surface area contributed by atoms with Gasteiger partial charge in [-0.15, -0.1) is 0 Å². The Balaban J connectivity index is 2.11. The molecular formula is C15H19FN4. The molecule has 2 aromatic rings. The van der Waals surface area contributed by atoms with Crippen molar-refractivity contribution >= 4 is 5.69 Å². The highest BCUT2D eigenvalue weighted by molar-refractivity contribution is 5.41. The number of hydrogen-bond acceptors (Lipinski definition) is 4. The highest BCUT2D eigenvalue weighted by atomic mass is 19.1. The molecule has 0 aliphatic rings. The lowest BCUT2D eigenvalue weighted by atomic mass is 10.1. The van der Waals surface area contributed by atoms with E-state index in [1.807, 2.05) is 37.1 Å². The van der Waals surface area contributed by atoms with Crippen LogP contribution in [0.5, 0.6) is 0 Å². The standard InChI is InChI=1S/C15H19FN4/c1-11(14-5-3-4-6-15(14)16)20(2)10-13-9-12(19-17)7-8-18-13/h3-9,11H,10,17H2,1-2H3,(H,18,19). The van der Waals surface area contributed by atoms with Gasteiger partial charge in [0.1, 0.15) is 5.82 Å². The summed E-state index contributed by atoms with van der Waals surface area (Å²) in [6.45, 7) is 2.59. The van der Waals surface area contributed by atoms with Gasteiger partial charge in [-0.3, -0.25) is 15.7 Å². The molecule has 3 N–H and O–H groups in total. The smallest absolute Gasteiger partial charge is 0.127 e. The number of rotatable bonds is 5. The molecule has 0 amide bonds. The van der Waals surface area contributed by atoms with Crippen LogP contribution in [0.25, 0.3) is 0 Å². The van der Waals surface area contributed by atoms with Gasteiger partial charge in [-0.1, -0.05) is 18.2 Å². The van der Waals surface area contributed by atoms with Crippen LogP contribution in [-0.2, 0) is 6.54 Å². The minimum Gasteiger partial charge on any atom is -0.324 e. The molecule has 0 aliphatic carbocycles. The monoisotopic (exact) mass is 274 g/mol.